The van der Waals surface area contributed by atoms with Crippen LogP contribution >= 0.6 is 0 Å². The lowest BCUT2D eigenvalue weighted by molar-refractivity contribution is -0.152. The lowest BCUT2D eigenvalue weighted by Crippen LogP contribution is -2.39. The summed E-state index contributed by atoms with van der Waals surface area (Å²) in [4.78, 5) is 36.1. The first-order chi connectivity index (χ1) is 13.2. The smallest absolute Gasteiger partial charge is 0.435 e. The first kappa shape index (κ1) is 20.9. The summed E-state index contributed by atoms with van der Waals surface area (Å²) in [5.74, 6) is 1.57. The van der Waals surface area contributed by atoms with Crippen LogP contribution in [0.2, 0.25) is 0 Å². The molecular weight excluding hydrogens is 360 g/mol. The van der Waals surface area contributed by atoms with Crippen LogP contribution < -0.4 is 0 Å². The number of carbonyl (C=O) groups excluding carboxylic acids is 3. The molecule has 0 aromatic rings. The molecule has 28 heavy (non-hydrogen) atoms. The van der Waals surface area contributed by atoms with Gasteiger partial charge in [0.05, 0.1) is 6.61 Å². The van der Waals surface area contributed by atoms with Crippen molar-refractivity contribution < 1.29 is 28.6 Å². The third-order valence-electron chi connectivity index (χ3n) is 7.09. The maximum absolute atomic E-state index is 12.3. The fourth-order valence-corrected chi connectivity index (χ4v) is 5.61. The number of hydrogen-bond acceptors (Lipinski definition) is 6. The first-order valence-electron chi connectivity index (χ1n) is 10.5. The molecule has 6 heteroatoms. The van der Waals surface area contributed by atoms with Gasteiger partial charge in [0.25, 0.3) is 0 Å². The minimum absolute atomic E-state index is 0.108. The fourth-order valence-electron chi connectivity index (χ4n) is 5.61. The second kappa shape index (κ2) is 7.88. The Hall–Kier alpha value is -1.85. The molecule has 1 heterocycles. The highest BCUT2D eigenvalue weighted by molar-refractivity contribution is 5.87. The average molecular weight is 392 g/mol. The molecule has 1 aliphatic heterocycles. The Balaban J connectivity index is 1.59. The number of carbonyl (C=O) groups is 3. The Morgan fingerprint density at radius 2 is 2.07 bits per heavy atom. The minimum atomic E-state index is -1.43. The standard InChI is InChI=1S/C22H32O6/c1-5-26-20(25)28-22(4)13-15(27-19(22)24)9-8-14(2)16-10-11-17-18(23)7-6-12-21(16,17)3/h13-14,16-17H,5-12H2,1-4H3/t14-,16-,17?,21+,22-/m1/s1. The highest BCUT2D eigenvalue weighted by Gasteiger charge is 2.52. The number of fused-ring (bicyclic) bond motifs is 1. The lowest BCUT2D eigenvalue weighted by atomic mass is 9.62. The van der Waals surface area contributed by atoms with Crippen LogP contribution in [0.15, 0.2) is 11.8 Å². The van der Waals surface area contributed by atoms with E-state index in [0.717, 1.165) is 38.5 Å². The number of ether oxygens (including phenoxy) is 3. The SMILES string of the molecule is CCOC(=O)O[C@]1(C)C=C(CC[C@@H](C)[C@H]2CCC3C(=O)CCC[C@]32C)OC1=O. The largest absolute Gasteiger partial charge is 0.509 e. The zero-order valence-electron chi connectivity index (χ0n) is 17.4. The van der Waals surface area contributed by atoms with Crippen molar-refractivity contribution in [3.63, 3.8) is 0 Å². The van der Waals surface area contributed by atoms with Crippen molar-refractivity contribution in [3.05, 3.63) is 11.8 Å². The number of esters is 1. The first-order valence-corrected chi connectivity index (χ1v) is 10.5. The van der Waals surface area contributed by atoms with Gasteiger partial charge in [-0.25, -0.2) is 9.59 Å². The van der Waals surface area contributed by atoms with Gasteiger partial charge in [-0.2, -0.15) is 0 Å². The van der Waals surface area contributed by atoms with Crippen LogP contribution in [0.4, 0.5) is 4.79 Å². The van der Waals surface area contributed by atoms with E-state index in [-0.39, 0.29) is 17.9 Å². The molecule has 0 radical (unpaired) electrons. The van der Waals surface area contributed by atoms with Crippen LogP contribution in [-0.2, 0) is 23.8 Å². The van der Waals surface area contributed by atoms with Crippen molar-refractivity contribution >= 4 is 17.9 Å². The van der Waals surface area contributed by atoms with Crippen LogP contribution in [0.1, 0.15) is 72.6 Å². The molecule has 156 valence electrons. The Morgan fingerprint density at radius 1 is 1.32 bits per heavy atom. The third-order valence-corrected chi connectivity index (χ3v) is 7.09. The molecule has 3 rings (SSSR count). The van der Waals surface area contributed by atoms with E-state index in [9.17, 15) is 14.4 Å². The molecule has 0 saturated heterocycles. The minimum Gasteiger partial charge on any atom is -0.435 e. The van der Waals surface area contributed by atoms with Gasteiger partial charge in [-0.3, -0.25) is 4.79 Å². The molecule has 0 aromatic carbocycles. The van der Waals surface area contributed by atoms with Crippen LogP contribution in [0.3, 0.4) is 0 Å². The van der Waals surface area contributed by atoms with Gasteiger partial charge in [-0.1, -0.05) is 13.8 Å². The predicted molar refractivity (Wildman–Crippen MR) is 102 cm³/mol. The van der Waals surface area contributed by atoms with Crippen molar-refractivity contribution in [3.8, 4) is 0 Å². The van der Waals surface area contributed by atoms with Crippen molar-refractivity contribution in [2.24, 2.45) is 23.2 Å². The van der Waals surface area contributed by atoms with E-state index in [1.165, 1.54) is 6.92 Å². The summed E-state index contributed by atoms with van der Waals surface area (Å²) in [6.07, 6.45) is 7.16. The zero-order chi connectivity index (χ0) is 20.5. The number of ketones is 1. The summed E-state index contributed by atoms with van der Waals surface area (Å²) >= 11 is 0. The summed E-state index contributed by atoms with van der Waals surface area (Å²) in [5.41, 5.74) is -1.32. The maximum atomic E-state index is 12.3. The monoisotopic (exact) mass is 392 g/mol. The highest BCUT2D eigenvalue weighted by atomic mass is 16.7. The maximum Gasteiger partial charge on any atom is 0.509 e. The van der Waals surface area contributed by atoms with Gasteiger partial charge in [-0.05, 0) is 63.2 Å². The molecule has 2 aliphatic carbocycles. The molecule has 1 unspecified atom stereocenters. The van der Waals surface area contributed by atoms with Crippen LogP contribution in [0.5, 0.6) is 0 Å². The van der Waals surface area contributed by atoms with Gasteiger partial charge >= 0.3 is 12.1 Å². The van der Waals surface area contributed by atoms with Crippen molar-refractivity contribution in [2.75, 3.05) is 6.61 Å². The fraction of sp³-hybridized carbons (Fsp3) is 0.773. The number of cyclic esters (lactones) is 1. The van der Waals surface area contributed by atoms with E-state index in [0.29, 0.717) is 29.8 Å². The van der Waals surface area contributed by atoms with E-state index in [4.69, 9.17) is 14.2 Å². The summed E-state index contributed by atoms with van der Waals surface area (Å²) in [6.45, 7) is 7.90. The van der Waals surface area contributed by atoms with Crippen molar-refractivity contribution in [2.45, 2.75) is 78.2 Å². The lowest BCUT2D eigenvalue weighted by Gasteiger charge is -2.42. The van der Waals surface area contributed by atoms with E-state index in [1.807, 2.05) is 0 Å². The molecule has 2 fully saturated rings. The second-order valence-corrected chi connectivity index (χ2v) is 8.97. The van der Waals surface area contributed by atoms with E-state index in [1.54, 1.807) is 13.0 Å². The Kier molecular flexibility index (Phi) is 5.87. The summed E-state index contributed by atoms with van der Waals surface area (Å²) in [5, 5.41) is 0. The average Bonchev–Trinajstić information content (AvgIpc) is 3.10. The third kappa shape index (κ3) is 3.83. The molecule has 0 bridgehead atoms. The topological polar surface area (TPSA) is 78.9 Å². The zero-order valence-corrected chi connectivity index (χ0v) is 17.4. The Bertz CT molecular complexity index is 683. The van der Waals surface area contributed by atoms with Gasteiger partial charge in [0.15, 0.2) is 0 Å². The van der Waals surface area contributed by atoms with Gasteiger partial charge in [0, 0.05) is 24.8 Å². The summed E-state index contributed by atoms with van der Waals surface area (Å²) in [7, 11) is 0. The predicted octanol–water partition coefficient (Wildman–Crippen LogP) is 4.56. The molecular formula is C22H32O6. The Morgan fingerprint density at radius 3 is 2.79 bits per heavy atom. The molecule has 2 saturated carbocycles. The summed E-state index contributed by atoms with van der Waals surface area (Å²) < 4.78 is 15.3. The molecule has 3 aliphatic rings. The van der Waals surface area contributed by atoms with Gasteiger partial charge in [-0.15, -0.1) is 0 Å². The Labute approximate surface area is 167 Å². The molecule has 5 atom stereocenters. The van der Waals surface area contributed by atoms with Crippen molar-refractivity contribution in [1.82, 2.24) is 0 Å². The van der Waals surface area contributed by atoms with Crippen molar-refractivity contribution in [1.29, 1.82) is 0 Å². The highest BCUT2D eigenvalue weighted by Crippen LogP contribution is 2.57. The van der Waals surface area contributed by atoms with Crippen LogP contribution in [-0.4, -0.2) is 30.1 Å². The number of allylic oxidation sites excluding steroid dienone is 1. The number of rotatable bonds is 6. The normalized spacial score (nSPS) is 35.8. The second-order valence-electron chi connectivity index (χ2n) is 8.97. The quantitative estimate of drug-likeness (QED) is 0.617. The molecule has 0 N–H and O–H groups in total. The molecule has 0 spiro atoms. The molecule has 0 aromatic heterocycles. The molecule has 0 amide bonds. The van der Waals surface area contributed by atoms with Crippen LogP contribution in [0, 0.1) is 23.2 Å². The summed E-state index contributed by atoms with van der Waals surface area (Å²) in [6, 6.07) is 0. The van der Waals surface area contributed by atoms with Gasteiger partial charge in [0.2, 0.25) is 5.60 Å². The van der Waals surface area contributed by atoms with Gasteiger partial charge in [0.1, 0.15) is 11.5 Å². The number of hydrogen-bond donors (Lipinski definition) is 0. The number of Topliss-reactive ketones (excluding diaryl/α,β-unsaturated/α-hetero) is 1. The van der Waals surface area contributed by atoms with E-state index in [2.05, 4.69) is 13.8 Å². The van der Waals surface area contributed by atoms with Crippen LogP contribution in [0.25, 0.3) is 0 Å². The van der Waals surface area contributed by atoms with E-state index >= 15 is 0 Å². The van der Waals surface area contributed by atoms with E-state index < -0.39 is 17.7 Å². The molecule has 6 nitrogen and oxygen atoms in total. The van der Waals surface area contributed by atoms with Gasteiger partial charge < -0.3 is 14.2 Å².